The van der Waals surface area contributed by atoms with E-state index in [0.717, 1.165) is 16.7 Å². The van der Waals surface area contributed by atoms with E-state index in [-0.39, 0.29) is 11.9 Å². The third-order valence-corrected chi connectivity index (χ3v) is 3.58. The van der Waals surface area contributed by atoms with Crippen LogP contribution in [0, 0.1) is 0 Å². The van der Waals surface area contributed by atoms with E-state index in [1.54, 1.807) is 0 Å². The van der Waals surface area contributed by atoms with Gasteiger partial charge in [-0.15, -0.1) is 0 Å². The van der Waals surface area contributed by atoms with E-state index < -0.39 is 0 Å². The molecule has 0 radical (unpaired) electrons. The summed E-state index contributed by atoms with van der Waals surface area (Å²) in [5.74, 6) is 0.0404. The van der Waals surface area contributed by atoms with Gasteiger partial charge in [0.15, 0.2) is 0 Å². The van der Waals surface area contributed by atoms with Gasteiger partial charge in [-0.3, -0.25) is 4.79 Å². The Morgan fingerprint density at radius 1 is 1.00 bits per heavy atom. The molecular weight excluding hydrogens is 246 g/mol. The highest BCUT2D eigenvalue weighted by molar-refractivity contribution is 6.31. The summed E-state index contributed by atoms with van der Waals surface area (Å²) in [6.07, 6.45) is 0.442. The van der Waals surface area contributed by atoms with E-state index in [1.165, 1.54) is 0 Å². The predicted octanol–water partition coefficient (Wildman–Crippen LogP) is 3.10. The molecule has 1 atom stereocenters. The van der Waals surface area contributed by atoms with Gasteiger partial charge in [0.1, 0.15) is 0 Å². The average Bonchev–Trinajstić information content (AvgIpc) is 2.38. The minimum atomic E-state index is -0.142. The van der Waals surface area contributed by atoms with Crippen molar-refractivity contribution in [3.05, 3.63) is 70.2 Å². The van der Waals surface area contributed by atoms with Gasteiger partial charge in [-0.05, 0) is 22.8 Å². The van der Waals surface area contributed by atoms with Gasteiger partial charge in [-0.1, -0.05) is 54.1 Å². The van der Waals surface area contributed by atoms with Crippen LogP contribution in [0.5, 0.6) is 0 Å². The molecule has 3 rings (SSSR count). The molecule has 1 aliphatic rings. The van der Waals surface area contributed by atoms with Crippen LogP contribution in [0.2, 0.25) is 5.02 Å². The summed E-state index contributed by atoms with van der Waals surface area (Å²) in [5.41, 5.74) is 3.15. The molecule has 1 heterocycles. The van der Waals surface area contributed by atoms with Crippen LogP contribution >= 0.6 is 11.6 Å². The summed E-state index contributed by atoms with van der Waals surface area (Å²) in [6.45, 7) is 0. The van der Waals surface area contributed by atoms with Gasteiger partial charge < -0.3 is 5.32 Å². The number of rotatable bonds is 1. The number of nitrogens with one attached hydrogen (secondary N) is 1. The molecule has 2 aromatic rings. The van der Waals surface area contributed by atoms with Gasteiger partial charge in [-0.2, -0.15) is 0 Å². The molecule has 0 saturated carbocycles. The number of carbonyl (C=O) groups excluding carboxylic acids is 1. The highest BCUT2D eigenvalue weighted by atomic mass is 35.5. The Kier molecular flexibility index (Phi) is 2.80. The Bertz CT molecular complexity index is 609. The quantitative estimate of drug-likeness (QED) is 0.836. The molecule has 0 spiro atoms. The Labute approximate surface area is 111 Å². The molecule has 0 aliphatic carbocycles. The van der Waals surface area contributed by atoms with Crippen molar-refractivity contribution >= 4 is 17.5 Å². The monoisotopic (exact) mass is 257 g/mol. The standard InChI is InChI=1S/C15H12ClNO/c16-13-8-4-3-7-12(13)15-11-6-2-1-5-10(11)9-14(18)17-15/h1-8,15H,9H2,(H,17,18). The zero-order chi connectivity index (χ0) is 12.5. The zero-order valence-electron chi connectivity index (χ0n) is 9.69. The maximum atomic E-state index is 11.8. The lowest BCUT2D eigenvalue weighted by Gasteiger charge is -2.27. The van der Waals surface area contributed by atoms with E-state index in [4.69, 9.17) is 11.6 Å². The summed E-state index contributed by atoms with van der Waals surface area (Å²) in [5, 5.41) is 3.69. The van der Waals surface area contributed by atoms with Gasteiger partial charge in [0, 0.05) is 5.02 Å². The molecule has 2 nitrogen and oxygen atoms in total. The van der Waals surface area contributed by atoms with Crippen LogP contribution < -0.4 is 5.32 Å². The van der Waals surface area contributed by atoms with Crippen LogP contribution in [0.15, 0.2) is 48.5 Å². The smallest absolute Gasteiger partial charge is 0.225 e. The van der Waals surface area contributed by atoms with E-state index in [1.807, 2.05) is 48.5 Å². The van der Waals surface area contributed by atoms with E-state index in [0.29, 0.717) is 11.4 Å². The van der Waals surface area contributed by atoms with Crippen LogP contribution in [0.3, 0.4) is 0 Å². The normalized spacial score (nSPS) is 18.1. The summed E-state index contributed by atoms with van der Waals surface area (Å²) in [4.78, 5) is 11.8. The molecule has 1 amide bonds. The maximum Gasteiger partial charge on any atom is 0.225 e. The second-order valence-electron chi connectivity index (χ2n) is 4.40. The largest absolute Gasteiger partial charge is 0.345 e. The Hall–Kier alpha value is -1.80. The molecule has 1 unspecified atom stereocenters. The first kappa shape index (κ1) is 11.3. The molecule has 1 N–H and O–H groups in total. The number of carbonyl (C=O) groups is 1. The molecule has 0 bridgehead atoms. The highest BCUT2D eigenvalue weighted by Crippen LogP contribution is 2.32. The van der Waals surface area contributed by atoms with Crippen LogP contribution in [-0.2, 0) is 11.2 Å². The number of benzene rings is 2. The van der Waals surface area contributed by atoms with Crippen molar-refractivity contribution in [2.75, 3.05) is 0 Å². The zero-order valence-corrected chi connectivity index (χ0v) is 10.4. The van der Waals surface area contributed by atoms with Gasteiger partial charge in [-0.25, -0.2) is 0 Å². The third-order valence-electron chi connectivity index (χ3n) is 3.24. The lowest BCUT2D eigenvalue weighted by Crippen LogP contribution is -2.35. The van der Waals surface area contributed by atoms with Crippen molar-refractivity contribution in [2.24, 2.45) is 0 Å². The van der Waals surface area contributed by atoms with Crippen LogP contribution in [0.25, 0.3) is 0 Å². The van der Waals surface area contributed by atoms with Crippen LogP contribution in [0.1, 0.15) is 22.7 Å². The second-order valence-corrected chi connectivity index (χ2v) is 4.80. The van der Waals surface area contributed by atoms with E-state index in [9.17, 15) is 4.79 Å². The molecule has 0 saturated heterocycles. The number of hydrogen-bond donors (Lipinski definition) is 1. The first-order valence-corrected chi connectivity index (χ1v) is 6.25. The van der Waals surface area contributed by atoms with Gasteiger partial charge in [0.2, 0.25) is 5.91 Å². The number of halogens is 1. The highest BCUT2D eigenvalue weighted by Gasteiger charge is 2.26. The SMILES string of the molecule is O=C1Cc2ccccc2C(c2ccccc2Cl)N1. The summed E-state index contributed by atoms with van der Waals surface area (Å²) < 4.78 is 0. The molecule has 1 aliphatic heterocycles. The summed E-state index contributed by atoms with van der Waals surface area (Å²) in [7, 11) is 0. The van der Waals surface area contributed by atoms with Gasteiger partial charge in [0.25, 0.3) is 0 Å². The minimum absolute atomic E-state index is 0.0404. The van der Waals surface area contributed by atoms with Crippen LogP contribution in [0.4, 0.5) is 0 Å². The molecule has 0 fully saturated rings. The Morgan fingerprint density at radius 2 is 1.67 bits per heavy atom. The molecule has 18 heavy (non-hydrogen) atoms. The van der Waals surface area contributed by atoms with Crippen molar-refractivity contribution in [1.82, 2.24) is 5.32 Å². The fraction of sp³-hybridized carbons (Fsp3) is 0.133. The Morgan fingerprint density at radius 3 is 2.44 bits per heavy atom. The van der Waals surface area contributed by atoms with Crippen molar-refractivity contribution < 1.29 is 4.79 Å². The van der Waals surface area contributed by atoms with E-state index >= 15 is 0 Å². The first-order valence-electron chi connectivity index (χ1n) is 5.87. The van der Waals surface area contributed by atoms with Crippen molar-refractivity contribution in [3.8, 4) is 0 Å². The second kappa shape index (κ2) is 4.46. The van der Waals surface area contributed by atoms with Crippen molar-refractivity contribution in [1.29, 1.82) is 0 Å². The van der Waals surface area contributed by atoms with Crippen LogP contribution in [-0.4, -0.2) is 5.91 Å². The van der Waals surface area contributed by atoms with Gasteiger partial charge >= 0.3 is 0 Å². The third kappa shape index (κ3) is 1.89. The first-order chi connectivity index (χ1) is 8.75. The molecule has 90 valence electrons. The topological polar surface area (TPSA) is 29.1 Å². The van der Waals surface area contributed by atoms with Gasteiger partial charge in [0.05, 0.1) is 12.5 Å². The summed E-state index contributed by atoms with van der Waals surface area (Å²) >= 11 is 6.22. The lowest BCUT2D eigenvalue weighted by molar-refractivity contribution is -0.121. The average molecular weight is 258 g/mol. The van der Waals surface area contributed by atoms with E-state index in [2.05, 4.69) is 5.32 Å². The molecule has 3 heteroatoms. The minimum Gasteiger partial charge on any atom is -0.345 e. The fourth-order valence-corrected chi connectivity index (χ4v) is 2.64. The number of hydrogen-bond acceptors (Lipinski definition) is 1. The molecule has 0 aromatic heterocycles. The molecule has 2 aromatic carbocycles. The number of amides is 1. The Balaban J connectivity index is 2.13. The molecular formula is C15H12ClNO. The summed E-state index contributed by atoms with van der Waals surface area (Å²) in [6, 6.07) is 15.5. The van der Waals surface area contributed by atoms with Crippen molar-refractivity contribution in [3.63, 3.8) is 0 Å². The lowest BCUT2D eigenvalue weighted by atomic mass is 9.89. The van der Waals surface area contributed by atoms with Crippen molar-refractivity contribution in [2.45, 2.75) is 12.5 Å². The fourth-order valence-electron chi connectivity index (χ4n) is 2.39. The maximum absolute atomic E-state index is 11.8. The number of fused-ring (bicyclic) bond motifs is 1. The predicted molar refractivity (Wildman–Crippen MR) is 71.6 cm³/mol.